The van der Waals surface area contributed by atoms with E-state index in [2.05, 4.69) is 9.98 Å². The molecule has 0 aromatic heterocycles. The average Bonchev–Trinajstić information content (AvgIpc) is 2.71. The number of phenols is 2. The van der Waals surface area contributed by atoms with Crippen molar-refractivity contribution in [3.63, 3.8) is 0 Å². The number of phenolic OH excluding ortho intramolecular Hbond substituents is 2. The third-order valence-electron chi connectivity index (χ3n) is 3.47. The first kappa shape index (κ1) is 26.8. The second kappa shape index (κ2) is 17.9. The van der Waals surface area contributed by atoms with Gasteiger partial charge in [-0.15, -0.1) is 0 Å². The summed E-state index contributed by atoms with van der Waals surface area (Å²) in [5.74, 6) is 0.514. The topological polar surface area (TPSA) is 83.6 Å². The van der Waals surface area contributed by atoms with Gasteiger partial charge in [-0.05, 0) is 38.1 Å². The van der Waals surface area contributed by atoms with Crippen LogP contribution >= 0.6 is 0 Å². The molecule has 2 rings (SSSR count). The number of hydrogen-bond donors (Lipinski definition) is 2. The van der Waals surface area contributed by atoms with Gasteiger partial charge < -0.3 is 19.7 Å². The van der Waals surface area contributed by atoms with Crippen molar-refractivity contribution in [2.24, 2.45) is 9.98 Å². The van der Waals surface area contributed by atoms with E-state index in [1.807, 2.05) is 38.1 Å². The van der Waals surface area contributed by atoms with Crippen LogP contribution in [0.25, 0.3) is 0 Å². The normalized spacial score (nSPS) is 10.6. The Balaban J connectivity index is 0.000000523. The van der Waals surface area contributed by atoms with Gasteiger partial charge in [0.1, 0.15) is 11.5 Å². The molecule has 161 valence electrons. The number of benzene rings is 2. The van der Waals surface area contributed by atoms with Gasteiger partial charge in [0.2, 0.25) is 0 Å². The van der Waals surface area contributed by atoms with E-state index in [-0.39, 0.29) is 28.3 Å². The third-order valence-corrected chi connectivity index (χ3v) is 3.47. The van der Waals surface area contributed by atoms with Crippen molar-refractivity contribution >= 4 is 12.4 Å². The van der Waals surface area contributed by atoms with E-state index < -0.39 is 0 Å². The molecule has 0 aliphatic heterocycles. The van der Waals surface area contributed by atoms with Crippen molar-refractivity contribution in [1.29, 1.82) is 0 Å². The van der Waals surface area contributed by atoms with Gasteiger partial charge in [-0.25, -0.2) is 0 Å². The summed E-state index contributed by atoms with van der Waals surface area (Å²) < 4.78 is 10.3. The number of rotatable bonds is 10. The second-order valence-electron chi connectivity index (χ2n) is 5.58. The van der Waals surface area contributed by atoms with Crippen LogP contribution in [0.5, 0.6) is 11.5 Å². The minimum absolute atomic E-state index is 0. The molecule has 0 atom stereocenters. The first-order valence-corrected chi connectivity index (χ1v) is 9.40. The van der Waals surface area contributed by atoms with E-state index in [0.29, 0.717) is 39.5 Å². The minimum atomic E-state index is 0. The summed E-state index contributed by atoms with van der Waals surface area (Å²) in [7, 11) is 0. The maximum atomic E-state index is 9.39. The quantitative estimate of drug-likeness (QED) is 0.432. The summed E-state index contributed by atoms with van der Waals surface area (Å²) in [4.78, 5) is 8.26. The molecule has 0 amide bonds. The molecule has 0 unspecified atom stereocenters. The van der Waals surface area contributed by atoms with E-state index >= 15 is 0 Å². The molecule has 0 heterocycles. The Kier molecular flexibility index (Phi) is 16.5. The molecule has 7 heteroatoms. The molecule has 0 fully saturated rings. The van der Waals surface area contributed by atoms with Crippen molar-refractivity contribution in [2.45, 2.75) is 13.8 Å². The second-order valence-corrected chi connectivity index (χ2v) is 5.58. The molecule has 29 heavy (non-hydrogen) atoms. The molecule has 0 aliphatic rings. The van der Waals surface area contributed by atoms with Crippen LogP contribution in [0, 0.1) is 0 Å². The zero-order valence-corrected chi connectivity index (χ0v) is 18.0. The fourth-order valence-corrected chi connectivity index (χ4v) is 2.04. The van der Waals surface area contributed by atoms with E-state index in [4.69, 9.17) is 9.47 Å². The van der Waals surface area contributed by atoms with Gasteiger partial charge in [0.25, 0.3) is 0 Å². The van der Waals surface area contributed by atoms with Crippen molar-refractivity contribution in [3.8, 4) is 11.5 Å². The zero-order chi connectivity index (χ0) is 20.5. The van der Waals surface area contributed by atoms with E-state index in [0.717, 1.165) is 11.1 Å². The number of nitrogens with zero attached hydrogens (tertiary/aromatic N) is 2. The molecule has 0 spiro atoms. The Hall–Kier alpha value is -2.19. The predicted octanol–water partition coefficient (Wildman–Crippen LogP) is 3.69. The van der Waals surface area contributed by atoms with Crippen LogP contribution in [0.1, 0.15) is 25.0 Å². The molecule has 2 aromatic rings. The van der Waals surface area contributed by atoms with Gasteiger partial charge in [-0.1, -0.05) is 24.3 Å². The van der Waals surface area contributed by atoms with Crippen LogP contribution in [0.2, 0.25) is 0 Å². The van der Waals surface area contributed by atoms with E-state index in [9.17, 15) is 10.2 Å². The summed E-state index contributed by atoms with van der Waals surface area (Å²) in [6.07, 6.45) is 3.32. The molecule has 2 N–H and O–H groups in total. The predicted molar refractivity (Wildman–Crippen MR) is 114 cm³/mol. The van der Waals surface area contributed by atoms with Crippen molar-refractivity contribution < 1.29 is 36.5 Å². The molecular weight excluding hydrogens is 415 g/mol. The standard InChI is InChI=1S/2C11H15NO2.Co/c2*1-2-14-8-7-12-9-10-5-3-4-6-11(10)13;/h2*3-6,9,13H,2,7-8H2,1H3;. The number of aromatic hydroxyl groups is 2. The molecule has 0 bridgehead atoms. The Morgan fingerprint density at radius 1 is 0.724 bits per heavy atom. The van der Waals surface area contributed by atoms with E-state index in [1.165, 1.54) is 0 Å². The third kappa shape index (κ3) is 12.8. The zero-order valence-electron chi connectivity index (χ0n) is 17.0. The average molecular weight is 445 g/mol. The number of para-hydroxylation sites is 2. The molecule has 0 aliphatic carbocycles. The van der Waals surface area contributed by atoms with Crippen LogP contribution in [-0.2, 0) is 26.3 Å². The van der Waals surface area contributed by atoms with Gasteiger partial charge in [0.15, 0.2) is 0 Å². The first-order valence-electron chi connectivity index (χ1n) is 9.40. The van der Waals surface area contributed by atoms with Gasteiger partial charge in [0.05, 0.1) is 26.3 Å². The fourth-order valence-electron chi connectivity index (χ4n) is 2.04. The summed E-state index contributed by atoms with van der Waals surface area (Å²) in [6.45, 7) is 7.84. The number of hydrogen-bond acceptors (Lipinski definition) is 6. The Labute approximate surface area is 183 Å². The van der Waals surface area contributed by atoms with Gasteiger partial charge in [-0.2, -0.15) is 0 Å². The van der Waals surface area contributed by atoms with Crippen LogP contribution < -0.4 is 0 Å². The minimum Gasteiger partial charge on any atom is -0.507 e. The SMILES string of the molecule is CCOCCN=Cc1ccccc1O.CCOCCN=Cc1ccccc1O.[Co]. The Bertz CT molecular complexity index is 662. The maximum absolute atomic E-state index is 9.39. The first-order chi connectivity index (χ1) is 13.7. The van der Waals surface area contributed by atoms with Crippen LogP contribution in [0.15, 0.2) is 58.5 Å². The maximum Gasteiger partial charge on any atom is 0.124 e. The molecular formula is C22H30CoN2O4. The van der Waals surface area contributed by atoms with E-state index in [1.54, 1.807) is 36.7 Å². The van der Waals surface area contributed by atoms with Crippen molar-refractivity contribution in [3.05, 3.63) is 59.7 Å². The van der Waals surface area contributed by atoms with Crippen LogP contribution in [-0.4, -0.2) is 62.2 Å². The van der Waals surface area contributed by atoms with Crippen LogP contribution in [0.3, 0.4) is 0 Å². The molecule has 0 saturated carbocycles. The van der Waals surface area contributed by atoms with Gasteiger partial charge in [0, 0.05) is 53.5 Å². The van der Waals surface area contributed by atoms with Gasteiger partial charge in [-0.3, -0.25) is 9.98 Å². The smallest absolute Gasteiger partial charge is 0.124 e. The Morgan fingerprint density at radius 3 is 1.45 bits per heavy atom. The van der Waals surface area contributed by atoms with Crippen molar-refractivity contribution in [2.75, 3.05) is 39.5 Å². The van der Waals surface area contributed by atoms with Gasteiger partial charge >= 0.3 is 0 Å². The fraction of sp³-hybridized carbons (Fsp3) is 0.364. The molecule has 0 saturated heterocycles. The molecule has 6 nitrogen and oxygen atoms in total. The monoisotopic (exact) mass is 445 g/mol. The summed E-state index contributed by atoms with van der Waals surface area (Å²) in [6, 6.07) is 14.2. The molecule has 1 radical (unpaired) electrons. The largest absolute Gasteiger partial charge is 0.507 e. The Morgan fingerprint density at radius 2 is 1.10 bits per heavy atom. The number of aliphatic imine (C=N–C) groups is 2. The van der Waals surface area contributed by atoms with Crippen molar-refractivity contribution in [1.82, 2.24) is 0 Å². The summed E-state index contributed by atoms with van der Waals surface area (Å²) in [5.41, 5.74) is 1.48. The summed E-state index contributed by atoms with van der Waals surface area (Å²) in [5, 5.41) is 18.8. The molecule has 2 aromatic carbocycles. The summed E-state index contributed by atoms with van der Waals surface area (Å²) >= 11 is 0. The number of ether oxygens (including phenoxy) is 2. The van der Waals surface area contributed by atoms with Crippen LogP contribution in [0.4, 0.5) is 0 Å².